The number of likely N-dealkylation sites (tertiary alicyclic amines) is 1. The maximum absolute atomic E-state index is 12.6. The van der Waals surface area contributed by atoms with E-state index in [1.54, 1.807) is 24.5 Å². The normalized spacial score (nSPS) is 14.0. The van der Waals surface area contributed by atoms with E-state index in [-0.39, 0.29) is 12.2 Å². The Morgan fingerprint density at radius 2 is 1.78 bits per heavy atom. The van der Waals surface area contributed by atoms with Gasteiger partial charge in [-0.2, -0.15) is 0 Å². The summed E-state index contributed by atoms with van der Waals surface area (Å²) in [6, 6.07) is 11.8. The highest BCUT2D eigenvalue weighted by atomic mass is 16.6. The van der Waals surface area contributed by atoms with Gasteiger partial charge < -0.3 is 34.3 Å². The number of amides is 1. The molecule has 0 unspecified atom stereocenters. The van der Waals surface area contributed by atoms with Crippen molar-refractivity contribution in [1.82, 2.24) is 29.4 Å². The van der Waals surface area contributed by atoms with E-state index >= 15 is 0 Å². The highest BCUT2D eigenvalue weighted by Gasteiger charge is 2.29. The fourth-order valence-electron chi connectivity index (χ4n) is 5.35. The van der Waals surface area contributed by atoms with E-state index in [2.05, 4.69) is 30.6 Å². The van der Waals surface area contributed by atoms with Gasteiger partial charge in [-0.05, 0) is 63.6 Å². The van der Waals surface area contributed by atoms with E-state index < -0.39 is 5.60 Å². The molecule has 1 fully saturated rings. The van der Waals surface area contributed by atoms with Gasteiger partial charge >= 0.3 is 6.09 Å². The SMILES string of the molecule is CNc1ncc2ncnc(Nc3ccc(Oc4ccc5c(c4)ncn5C)c(C)c3)c2c1OC1CCN(C(=O)OC(C)(C)C)CC1. The number of benzene rings is 2. The molecule has 1 saturated heterocycles. The molecule has 45 heavy (non-hydrogen) atoms. The van der Waals surface area contributed by atoms with Crippen molar-refractivity contribution in [2.24, 2.45) is 7.05 Å². The summed E-state index contributed by atoms with van der Waals surface area (Å²) in [6.07, 6.45) is 5.88. The monoisotopic (exact) mass is 610 g/mol. The van der Waals surface area contributed by atoms with Crippen molar-refractivity contribution >= 4 is 45.4 Å². The van der Waals surface area contributed by atoms with E-state index in [0.717, 1.165) is 33.8 Å². The molecule has 5 aromatic rings. The molecule has 234 valence electrons. The van der Waals surface area contributed by atoms with Gasteiger partial charge in [-0.25, -0.2) is 24.7 Å². The Morgan fingerprint density at radius 1 is 0.978 bits per heavy atom. The number of anilines is 3. The summed E-state index contributed by atoms with van der Waals surface area (Å²) in [5, 5.41) is 7.32. The van der Waals surface area contributed by atoms with Crippen LogP contribution in [0.2, 0.25) is 0 Å². The zero-order chi connectivity index (χ0) is 31.7. The summed E-state index contributed by atoms with van der Waals surface area (Å²) >= 11 is 0. The highest BCUT2D eigenvalue weighted by Crippen LogP contribution is 2.38. The molecule has 0 atom stereocenters. The zero-order valence-electron chi connectivity index (χ0n) is 26.4. The minimum atomic E-state index is -0.537. The molecule has 2 N–H and O–H groups in total. The van der Waals surface area contributed by atoms with Gasteiger partial charge in [0.15, 0.2) is 11.6 Å². The molecule has 1 amide bonds. The maximum atomic E-state index is 12.6. The molecular formula is C33H38N8O4. The van der Waals surface area contributed by atoms with Crippen molar-refractivity contribution in [3.05, 3.63) is 60.8 Å². The van der Waals surface area contributed by atoms with Crippen molar-refractivity contribution in [2.45, 2.75) is 52.2 Å². The lowest BCUT2D eigenvalue weighted by atomic mass is 10.1. The minimum absolute atomic E-state index is 0.125. The van der Waals surface area contributed by atoms with Crippen molar-refractivity contribution in [3.8, 4) is 17.2 Å². The second-order valence-electron chi connectivity index (χ2n) is 12.2. The summed E-state index contributed by atoms with van der Waals surface area (Å²) in [7, 11) is 3.77. The van der Waals surface area contributed by atoms with E-state index in [9.17, 15) is 4.79 Å². The molecule has 0 bridgehead atoms. The molecule has 12 nitrogen and oxygen atoms in total. The second-order valence-corrected chi connectivity index (χ2v) is 12.2. The van der Waals surface area contributed by atoms with Crippen LogP contribution in [0.15, 0.2) is 55.2 Å². The van der Waals surface area contributed by atoms with Gasteiger partial charge in [-0.3, -0.25) is 0 Å². The largest absolute Gasteiger partial charge is 0.486 e. The lowest BCUT2D eigenvalue weighted by molar-refractivity contribution is 0.0128. The Kier molecular flexibility index (Phi) is 8.05. The third kappa shape index (κ3) is 6.54. The number of ether oxygens (including phenoxy) is 3. The predicted molar refractivity (Wildman–Crippen MR) is 174 cm³/mol. The van der Waals surface area contributed by atoms with Crippen molar-refractivity contribution in [3.63, 3.8) is 0 Å². The lowest BCUT2D eigenvalue weighted by Gasteiger charge is -2.33. The second kappa shape index (κ2) is 12.1. The van der Waals surface area contributed by atoms with Crippen LogP contribution >= 0.6 is 0 Å². The number of carbonyl (C=O) groups excluding carboxylic acids is 1. The van der Waals surface area contributed by atoms with E-state index in [4.69, 9.17) is 14.2 Å². The van der Waals surface area contributed by atoms with Gasteiger partial charge in [0, 0.05) is 51.8 Å². The molecule has 6 rings (SSSR count). The Morgan fingerprint density at radius 3 is 2.51 bits per heavy atom. The molecule has 12 heteroatoms. The van der Waals surface area contributed by atoms with Crippen LogP contribution in [0.3, 0.4) is 0 Å². The average Bonchev–Trinajstić information content (AvgIpc) is 3.38. The van der Waals surface area contributed by atoms with Crippen LogP contribution in [0.4, 0.5) is 22.1 Å². The number of fused-ring (bicyclic) bond motifs is 2. The summed E-state index contributed by atoms with van der Waals surface area (Å²) < 4.78 is 20.3. The van der Waals surface area contributed by atoms with Crippen LogP contribution in [-0.2, 0) is 11.8 Å². The molecule has 0 aliphatic carbocycles. The molecule has 0 radical (unpaired) electrons. The average molecular weight is 611 g/mol. The van der Waals surface area contributed by atoms with Crippen LogP contribution in [0.25, 0.3) is 21.9 Å². The van der Waals surface area contributed by atoms with Crippen LogP contribution in [0, 0.1) is 6.92 Å². The highest BCUT2D eigenvalue weighted by molar-refractivity contribution is 5.98. The predicted octanol–water partition coefficient (Wildman–Crippen LogP) is 6.58. The van der Waals surface area contributed by atoms with Crippen LogP contribution in [0.1, 0.15) is 39.2 Å². The van der Waals surface area contributed by atoms with Gasteiger partial charge in [0.2, 0.25) is 0 Å². The van der Waals surface area contributed by atoms with E-state index in [1.165, 1.54) is 6.33 Å². The number of imidazole rings is 1. The topological polar surface area (TPSA) is 129 Å². The van der Waals surface area contributed by atoms with Gasteiger partial charge in [0.05, 0.1) is 34.5 Å². The van der Waals surface area contributed by atoms with E-state index in [1.807, 2.05) is 75.7 Å². The number of nitrogens with zero attached hydrogens (tertiary/aromatic N) is 6. The summed E-state index contributed by atoms with van der Waals surface area (Å²) in [5.74, 6) is 3.20. The number of carbonyl (C=O) groups is 1. The third-order valence-electron chi connectivity index (χ3n) is 7.61. The molecule has 1 aliphatic rings. The number of rotatable bonds is 7. The Hall–Kier alpha value is -5.13. The molecule has 3 aromatic heterocycles. The summed E-state index contributed by atoms with van der Waals surface area (Å²) in [6.45, 7) is 8.69. The summed E-state index contributed by atoms with van der Waals surface area (Å²) in [4.78, 5) is 32.3. The van der Waals surface area contributed by atoms with Gasteiger partial charge in [-0.15, -0.1) is 0 Å². The fourth-order valence-corrected chi connectivity index (χ4v) is 5.35. The minimum Gasteiger partial charge on any atom is -0.486 e. The quantitative estimate of drug-likeness (QED) is 0.209. The fraction of sp³-hybridized carbons (Fsp3) is 0.364. The number of pyridine rings is 1. The molecule has 0 saturated carbocycles. The molecular weight excluding hydrogens is 572 g/mol. The number of piperidine rings is 1. The standard InChI is InChI=1S/C33H38N8O4/c1-20-15-21(7-10-27(20)43-23-8-9-26-24(16-23)38-19-40(26)6)39-30-28-25(36-18-37-30)17-35-31(34-5)29(28)44-22-11-13-41(14-12-22)32(42)45-33(2,3)4/h7-10,15-19,22H,11-14H2,1-6H3,(H,34,35)(H,36,37,39). The molecule has 0 spiro atoms. The van der Waals surface area contributed by atoms with Crippen molar-refractivity contribution in [2.75, 3.05) is 30.8 Å². The molecule has 1 aliphatic heterocycles. The maximum Gasteiger partial charge on any atom is 0.410 e. The zero-order valence-corrected chi connectivity index (χ0v) is 26.4. The lowest BCUT2D eigenvalue weighted by Crippen LogP contribution is -2.44. The van der Waals surface area contributed by atoms with Gasteiger partial charge in [-0.1, -0.05) is 0 Å². The first kappa shape index (κ1) is 29.9. The first-order valence-electron chi connectivity index (χ1n) is 15.0. The first-order chi connectivity index (χ1) is 21.6. The Labute approximate surface area is 261 Å². The smallest absolute Gasteiger partial charge is 0.410 e. The van der Waals surface area contributed by atoms with E-state index in [0.29, 0.717) is 54.2 Å². The number of aryl methyl sites for hydroxylation is 2. The number of aromatic nitrogens is 5. The molecule has 2 aromatic carbocycles. The third-order valence-corrected chi connectivity index (χ3v) is 7.61. The number of nitrogens with one attached hydrogen (secondary N) is 2. The van der Waals surface area contributed by atoms with Crippen LogP contribution < -0.4 is 20.1 Å². The Bertz CT molecular complexity index is 1860. The Balaban J connectivity index is 1.21. The number of hydrogen-bond acceptors (Lipinski definition) is 10. The summed E-state index contributed by atoms with van der Waals surface area (Å²) in [5.41, 5.74) is 3.81. The first-order valence-corrected chi connectivity index (χ1v) is 15.0. The number of hydrogen-bond donors (Lipinski definition) is 2. The van der Waals surface area contributed by atoms with Crippen LogP contribution in [0.5, 0.6) is 17.2 Å². The van der Waals surface area contributed by atoms with Crippen LogP contribution in [-0.4, -0.2) is 67.3 Å². The van der Waals surface area contributed by atoms with Crippen molar-refractivity contribution < 1.29 is 19.0 Å². The molecule has 4 heterocycles. The van der Waals surface area contributed by atoms with Gasteiger partial charge in [0.25, 0.3) is 0 Å². The van der Waals surface area contributed by atoms with Gasteiger partial charge in [0.1, 0.15) is 35.3 Å². The van der Waals surface area contributed by atoms with Crippen molar-refractivity contribution in [1.29, 1.82) is 0 Å².